The van der Waals surface area contributed by atoms with E-state index in [0.29, 0.717) is 11.3 Å². The van der Waals surface area contributed by atoms with E-state index in [1.54, 1.807) is 55.6 Å². The number of carbonyl (C=O) groups excluding carboxylic acids is 3. The summed E-state index contributed by atoms with van der Waals surface area (Å²) in [5.74, 6) is -0.642. The zero-order chi connectivity index (χ0) is 20.5. The van der Waals surface area contributed by atoms with Crippen molar-refractivity contribution < 1.29 is 14.4 Å². The normalized spacial score (nSPS) is 12.5. The predicted molar refractivity (Wildman–Crippen MR) is 110 cm³/mol. The van der Waals surface area contributed by atoms with E-state index < -0.39 is 6.04 Å². The number of carbonyl (C=O) groups is 3. The van der Waals surface area contributed by atoms with Gasteiger partial charge in [-0.3, -0.25) is 14.4 Å². The molecule has 0 saturated carbocycles. The van der Waals surface area contributed by atoms with E-state index in [-0.39, 0.29) is 30.1 Å². The monoisotopic (exact) mass is 381 g/mol. The summed E-state index contributed by atoms with van der Waals surface area (Å²) in [4.78, 5) is 36.7. The first-order valence-corrected chi connectivity index (χ1v) is 9.40. The molecule has 3 N–H and O–H groups in total. The Hall–Kier alpha value is -3.15. The van der Waals surface area contributed by atoms with Gasteiger partial charge in [0, 0.05) is 18.3 Å². The molecule has 0 aliphatic rings. The number of hydrogen-bond donors (Lipinski definition) is 3. The molecule has 0 bridgehead atoms. The molecule has 0 aliphatic carbocycles. The summed E-state index contributed by atoms with van der Waals surface area (Å²) >= 11 is 0. The van der Waals surface area contributed by atoms with Crippen LogP contribution in [-0.4, -0.2) is 30.8 Å². The number of hydrogen-bond acceptors (Lipinski definition) is 3. The molecular formula is C22H27N3O3. The Morgan fingerprint density at radius 3 is 2.18 bits per heavy atom. The largest absolute Gasteiger partial charge is 0.359 e. The second kappa shape index (κ2) is 10.3. The molecule has 2 atom stereocenters. The number of nitrogens with one attached hydrogen (secondary N) is 3. The highest BCUT2D eigenvalue weighted by atomic mass is 16.2. The van der Waals surface area contributed by atoms with E-state index >= 15 is 0 Å². The van der Waals surface area contributed by atoms with Gasteiger partial charge in [-0.2, -0.15) is 0 Å². The Labute approximate surface area is 165 Å². The van der Waals surface area contributed by atoms with Crippen LogP contribution in [0.2, 0.25) is 0 Å². The molecule has 3 amide bonds. The van der Waals surface area contributed by atoms with Gasteiger partial charge < -0.3 is 16.0 Å². The van der Waals surface area contributed by atoms with Crippen LogP contribution in [0.1, 0.15) is 36.2 Å². The molecule has 0 saturated heterocycles. The van der Waals surface area contributed by atoms with Gasteiger partial charge in [0.2, 0.25) is 11.8 Å². The minimum atomic E-state index is -0.650. The third kappa shape index (κ3) is 5.94. The SMILES string of the molecule is CCC(C)C(NC(=O)c1ccccc1)C(=O)Nc1ccc(CC(=O)NC)cc1. The summed E-state index contributed by atoms with van der Waals surface area (Å²) in [5.41, 5.74) is 1.99. The molecule has 0 aromatic heterocycles. The summed E-state index contributed by atoms with van der Waals surface area (Å²) in [7, 11) is 1.59. The van der Waals surface area contributed by atoms with Crippen LogP contribution < -0.4 is 16.0 Å². The second-order valence-electron chi connectivity index (χ2n) is 6.74. The zero-order valence-corrected chi connectivity index (χ0v) is 16.5. The lowest BCUT2D eigenvalue weighted by atomic mass is 9.97. The van der Waals surface area contributed by atoms with E-state index in [1.165, 1.54) is 0 Å². The Bertz CT molecular complexity index is 804. The molecule has 0 aliphatic heterocycles. The summed E-state index contributed by atoms with van der Waals surface area (Å²) < 4.78 is 0. The molecule has 28 heavy (non-hydrogen) atoms. The molecule has 0 radical (unpaired) electrons. The Kier molecular flexibility index (Phi) is 7.75. The molecule has 0 fully saturated rings. The molecular weight excluding hydrogens is 354 g/mol. The van der Waals surface area contributed by atoms with Crippen molar-refractivity contribution in [1.82, 2.24) is 10.6 Å². The maximum atomic E-state index is 12.8. The van der Waals surface area contributed by atoms with Crippen molar-refractivity contribution in [2.75, 3.05) is 12.4 Å². The van der Waals surface area contributed by atoms with Crippen molar-refractivity contribution in [3.63, 3.8) is 0 Å². The van der Waals surface area contributed by atoms with E-state index in [2.05, 4.69) is 16.0 Å². The molecule has 2 rings (SSSR count). The van der Waals surface area contributed by atoms with E-state index in [9.17, 15) is 14.4 Å². The maximum Gasteiger partial charge on any atom is 0.251 e. The van der Waals surface area contributed by atoms with Gasteiger partial charge in [0.25, 0.3) is 5.91 Å². The molecule has 2 aromatic carbocycles. The van der Waals surface area contributed by atoms with Crippen molar-refractivity contribution in [2.45, 2.75) is 32.7 Å². The summed E-state index contributed by atoms with van der Waals surface area (Å²) in [6, 6.07) is 15.3. The molecule has 2 aromatic rings. The molecule has 6 nitrogen and oxygen atoms in total. The Morgan fingerprint density at radius 1 is 0.964 bits per heavy atom. The van der Waals surface area contributed by atoms with E-state index in [1.807, 2.05) is 19.9 Å². The van der Waals surface area contributed by atoms with E-state index in [4.69, 9.17) is 0 Å². The molecule has 0 heterocycles. The summed E-state index contributed by atoms with van der Waals surface area (Å²) in [6.07, 6.45) is 1.03. The van der Waals surface area contributed by atoms with Gasteiger partial charge in [-0.1, -0.05) is 50.6 Å². The third-order valence-corrected chi connectivity index (χ3v) is 4.68. The highest BCUT2D eigenvalue weighted by molar-refractivity contribution is 6.01. The maximum absolute atomic E-state index is 12.8. The standard InChI is InChI=1S/C22H27N3O3/c1-4-15(2)20(25-21(27)17-8-6-5-7-9-17)22(28)24-18-12-10-16(11-13-18)14-19(26)23-3/h5-13,15,20H,4,14H2,1-3H3,(H,23,26)(H,24,28)(H,25,27). The van der Waals surface area contributed by atoms with E-state index in [0.717, 1.165) is 12.0 Å². The van der Waals surface area contributed by atoms with Gasteiger partial charge in [0.1, 0.15) is 6.04 Å². The first kappa shape index (κ1) is 21.2. The fraction of sp³-hybridized carbons (Fsp3) is 0.318. The number of benzene rings is 2. The second-order valence-corrected chi connectivity index (χ2v) is 6.74. The average Bonchev–Trinajstić information content (AvgIpc) is 2.73. The lowest BCUT2D eigenvalue weighted by molar-refractivity contribution is -0.120. The van der Waals surface area contributed by atoms with Crippen LogP contribution in [0.5, 0.6) is 0 Å². The number of amides is 3. The lowest BCUT2D eigenvalue weighted by Crippen LogP contribution is -2.47. The Morgan fingerprint density at radius 2 is 1.61 bits per heavy atom. The van der Waals surface area contributed by atoms with Gasteiger partial charge in [-0.05, 0) is 35.7 Å². The molecule has 0 spiro atoms. The fourth-order valence-corrected chi connectivity index (χ4v) is 2.72. The topological polar surface area (TPSA) is 87.3 Å². The summed E-state index contributed by atoms with van der Waals surface area (Å²) in [5, 5.41) is 8.28. The quantitative estimate of drug-likeness (QED) is 0.657. The van der Waals surface area contributed by atoms with Crippen molar-refractivity contribution in [2.24, 2.45) is 5.92 Å². The van der Waals surface area contributed by atoms with Crippen molar-refractivity contribution >= 4 is 23.4 Å². The van der Waals surface area contributed by atoms with Crippen LogP contribution in [0.3, 0.4) is 0 Å². The summed E-state index contributed by atoms with van der Waals surface area (Å²) in [6.45, 7) is 3.91. The van der Waals surface area contributed by atoms with Crippen molar-refractivity contribution in [3.8, 4) is 0 Å². The zero-order valence-electron chi connectivity index (χ0n) is 16.5. The third-order valence-electron chi connectivity index (χ3n) is 4.68. The highest BCUT2D eigenvalue weighted by Gasteiger charge is 2.26. The Balaban J connectivity index is 2.06. The van der Waals surface area contributed by atoms with Gasteiger partial charge in [0.15, 0.2) is 0 Å². The van der Waals surface area contributed by atoms with Crippen LogP contribution in [0.25, 0.3) is 0 Å². The fourth-order valence-electron chi connectivity index (χ4n) is 2.72. The average molecular weight is 381 g/mol. The van der Waals surface area contributed by atoms with Crippen molar-refractivity contribution in [1.29, 1.82) is 0 Å². The minimum Gasteiger partial charge on any atom is -0.359 e. The van der Waals surface area contributed by atoms with Gasteiger partial charge >= 0.3 is 0 Å². The van der Waals surface area contributed by atoms with Crippen LogP contribution in [0.15, 0.2) is 54.6 Å². The first-order valence-electron chi connectivity index (χ1n) is 9.40. The van der Waals surface area contributed by atoms with Gasteiger partial charge in [-0.15, -0.1) is 0 Å². The first-order chi connectivity index (χ1) is 13.4. The van der Waals surface area contributed by atoms with Gasteiger partial charge in [-0.25, -0.2) is 0 Å². The van der Waals surface area contributed by atoms with Crippen LogP contribution >= 0.6 is 0 Å². The minimum absolute atomic E-state index is 0.0276. The molecule has 6 heteroatoms. The predicted octanol–water partition coefficient (Wildman–Crippen LogP) is 2.76. The van der Waals surface area contributed by atoms with Crippen molar-refractivity contribution in [3.05, 3.63) is 65.7 Å². The lowest BCUT2D eigenvalue weighted by Gasteiger charge is -2.23. The number of anilines is 1. The van der Waals surface area contributed by atoms with Crippen LogP contribution in [0, 0.1) is 5.92 Å². The van der Waals surface area contributed by atoms with Gasteiger partial charge in [0.05, 0.1) is 6.42 Å². The molecule has 2 unspecified atom stereocenters. The van der Waals surface area contributed by atoms with Crippen LogP contribution in [-0.2, 0) is 16.0 Å². The molecule has 148 valence electrons. The smallest absolute Gasteiger partial charge is 0.251 e. The highest BCUT2D eigenvalue weighted by Crippen LogP contribution is 2.14. The number of rotatable bonds is 8. The number of likely N-dealkylation sites (N-methyl/N-ethyl adjacent to an activating group) is 1. The van der Waals surface area contributed by atoms with Crippen LogP contribution in [0.4, 0.5) is 5.69 Å².